The van der Waals surface area contributed by atoms with Gasteiger partial charge < -0.3 is 0 Å². The minimum atomic E-state index is 0.731. The van der Waals surface area contributed by atoms with E-state index >= 15 is 0 Å². The molecule has 54 valence electrons. The van der Waals surface area contributed by atoms with Crippen LogP contribution in [0.5, 0.6) is 0 Å². The molecule has 0 unspecified atom stereocenters. The summed E-state index contributed by atoms with van der Waals surface area (Å²) in [6.07, 6.45) is 5.88. The summed E-state index contributed by atoms with van der Waals surface area (Å²) in [5, 5.41) is 0. The van der Waals surface area contributed by atoms with Gasteiger partial charge in [-0.15, -0.1) is 0 Å². The van der Waals surface area contributed by atoms with Crippen LogP contribution in [0.3, 0.4) is 0 Å². The van der Waals surface area contributed by atoms with Gasteiger partial charge in [0.05, 0.1) is 0 Å². The van der Waals surface area contributed by atoms with Crippen molar-refractivity contribution in [3.63, 3.8) is 0 Å². The van der Waals surface area contributed by atoms with Gasteiger partial charge in [-0.1, -0.05) is 0 Å². The van der Waals surface area contributed by atoms with Gasteiger partial charge in [-0.25, -0.2) is 0 Å². The van der Waals surface area contributed by atoms with E-state index in [-0.39, 0.29) is 0 Å². The minimum absolute atomic E-state index is 0.731. The Morgan fingerprint density at radius 3 is 2.70 bits per heavy atom. The predicted molar refractivity (Wildman–Crippen MR) is 44.6 cm³/mol. The van der Waals surface area contributed by atoms with E-state index in [0.29, 0.717) is 0 Å². The van der Waals surface area contributed by atoms with Crippen LogP contribution in [0.2, 0.25) is 0 Å². The van der Waals surface area contributed by atoms with Crippen LogP contribution in [0.25, 0.3) is 0 Å². The van der Waals surface area contributed by atoms with Crippen molar-refractivity contribution in [1.29, 1.82) is 0 Å². The summed E-state index contributed by atoms with van der Waals surface area (Å²) in [7, 11) is 0. The third kappa shape index (κ3) is 1.21. The molecule has 2 rings (SSSR count). The standard InChI is InChI=1S/C9H12Se/c1-2-5-8(4-1)9-6-3-7-10-9/h3,6-8H,1-2,4-5H2. The second-order valence-corrected chi connectivity index (χ2v) is 5.05. The molecule has 0 nitrogen and oxygen atoms in total. The maximum absolute atomic E-state index is 2.34. The molecule has 0 bridgehead atoms. The molecule has 10 heavy (non-hydrogen) atoms. The zero-order valence-electron chi connectivity index (χ0n) is 6.05. The van der Waals surface area contributed by atoms with Gasteiger partial charge in [0, 0.05) is 0 Å². The third-order valence-electron chi connectivity index (χ3n) is 2.30. The Balaban J connectivity index is 2.12. The van der Waals surface area contributed by atoms with E-state index in [1.165, 1.54) is 25.7 Å². The first-order valence-electron chi connectivity index (χ1n) is 4.00. The van der Waals surface area contributed by atoms with Gasteiger partial charge in [0.15, 0.2) is 0 Å². The van der Waals surface area contributed by atoms with E-state index in [1.807, 2.05) is 0 Å². The molecule has 1 aliphatic rings. The van der Waals surface area contributed by atoms with Crippen molar-refractivity contribution in [1.82, 2.24) is 0 Å². The van der Waals surface area contributed by atoms with Gasteiger partial charge >= 0.3 is 67.6 Å². The Hall–Kier alpha value is -0.000519. The van der Waals surface area contributed by atoms with Gasteiger partial charge in [-0.2, -0.15) is 0 Å². The van der Waals surface area contributed by atoms with Crippen LogP contribution in [0.4, 0.5) is 0 Å². The number of hydrogen-bond acceptors (Lipinski definition) is 0. The fourth-order valence-electron chi connectivity index (χ4n) is 1.73. The van der Waals surface area contributed by atoms with E-state index in [9.17, 15) is 0 Å². The molecule has 0 aromatic carbocycles. The average molecular weight is 199 g/mol. The van der Waals surface area contributed by atoms with E-state index in [2.05, 4.69) is 17.1 Å². The normalized spacial score (nSPS) is 20.0. The molecule has 0 atom stereocenters. The molecule has 1 heteroatoms. The van der Waals surface area contributed by atoms with Crippen LogP contribution in [-0.2, 0) is 0 Å². The number of hydrogen-bond donors (Lipinski definition) is 0. The molecule has 0 N–H and O–H groups in total. The van der Waals surface area contributed by atoms with Crippen LogP contribution in [0.1, 0.15) is 36.0 Å². The summed E-state index contributed by atoms with van der Waals surface area (Å²) in [6.45, 7) is 0. The topological polar surface area (TPSA) is 0 Å². The van der Waals surface area contributed by atoms with Crippen LogP contribution in [0, 0.1) is 0 Å². The van der Waals surface area contributed by atoms with Crippen molar-refractivity contribution >= 4 is 14.5 Å². The van der Waals surface area contributed by atoms with Crippen molar-refractivity contribution < 1.29 is 0 Å². The molecule has 1 heterocycles. The van der Waals surface area contributed by atoms with Crippen molar-refractivity contribution in [2.75, 3.05) is 0 Å². The van der Waals surface area contributed by atoms with Crippen molar-refractivity contribution in [2.45, 2.75) is 31.6 Å². The van der Waals surface area contributed by atoms with E-state index in [1.54, 1.807) is 4.44 Å². The van der Waals surface area contributed by atoms with Crippen LogP contribution in [0.15, 0.2) is 17.1 Å². The Kier molecular flexibility index (Phi) is 1.97. The number of rotatable bonds is 1. The summed E-state index contributed by atoms with van der Waals surface area (Å²) in [5.74, 6) is 0.981. The quantitative estimate of drug-likeness (QED) is 0.609. The Morgan fingerprint density at radius 2 is 2.10 bits per heavy atom. The molecule has 0 radical (unpaired) electrons. The molecule has 0 aliphatic heterocycles. The first-order chi connectivity index (χ1) is 4.97. The second-order valence-electron chi connectivity index (χ2n) is 3.00. The monoisotopic (exact) mass is 200 g/mol. The molecule has 1 aliphatic carbocycles. The Morgan fingerprint density at radius 1 is 1.30 bits per heavy atom. The molecule has 1 saturated carbocycles. The van der Waals surface area contributed by atoms with Gasteiger partial charge in [0.25, 0.3) is 0 Å². The zero-order valence-corrected chi connectivity index (χ0v) is 7.76. The zero-order chi connectivity index (χ0) is 6.81. The maximum atomic E-state index is 2.34. The molecular weight excluding hydrogens is 187 g/mol. The summed E-state index contributed by atoms with van der Waals surface area (Å²) >= 11 is 0.731. The van der Waals surface area contributed by atoms with Gasteiger partial charge in [0.2, 0.25) is 0 Å². The molecule has 0 amide bonds. The van der Waals surface area contributed by atoms with Crippen molar-refractivity contribution in [3.8, 4) is 0 Å². The van der Waals surface area contributed by atoms with Crippen molar-refractivity contribution in [3.05, 3.63) is 21.5 Å². The first-order valence-corrected chi connectivity index (χ1v) is 5.85. The summed E-state index contributed by atoms with van der Waals surface area (Å²) < 4.78 is 1.75. The summed E-state index contributed by atoms with van der Waals surface area (Å²) in [5.41, 5.74) is 0. The van der Waals surface area contributed by atoms with Crippen LogP contribution in [-0.4, -0.2) is 14.5 Å². The van der Waals surface area contributed by atoms with E-state index in [4.69, 9.17) is 0 Å². The van der Waals surface area contributed by atoms with E-state index < -0.39 is 0 Å². The Bertz CT molecular complexity index is 183. The molecule has 1 fully saturated rings. The third-order valence-corrected chi connectivity index (χ3v) is 4.47. The predicted octanol–water partition coefficient (Wildman–Crippen LogP) is 2.40. The summed E-state index contributed by atoms with van der Waals surface area (Å²) in [6, 6.07) is 4.57. The van der Waals surface area contributed by atoms with Crippen molar-refractivity contribution in [2.24, 2.45) is 0 Å². The molecule has 1 aromatic heterocycles. The van der Waals surface area contributed by atoms with E-state index in [0.717, 1.165) is 20.4 Å². The Labute approximate surface area is 68.0 Å². The fourth-order valence-corrected chi connectivity index (χ4v) is 3.62. The average Bonchev–Trinajstić information content (AvgIpc) is 2.59. The molecular formula is C9H12Se. The molecule has 0 saturated heterocycles. The van der Waals surface area contributed by atoms with Crippen LogP contribution >= 0.6 is 0 Å². The summed E-state index contributed by atoms with van der Waals surface area (Å²) in [4.78, 5) is 2.33. The first kappa shape index (κ1) is 6.69. The SMILES string of the molecule is c1c[se]c(C2CCCC2)c1. The van der Waals surface area contributed by atoms with Gasteiger partial charge in [-0.05, 0) is 0 Å². The van der Waals surface area contributed by atoms with Gasteiger partial charge in [0.1, 0.15) is 0 Å². The molecule has 0 spiro atoms. The van der Waals surface area contributed by atoms with Crippen LogP contribution < -0.4 is 0 Å². The molecule has 1 aromatic rings. The second kappa shape index (κ2) is 2.94. The van der Waals surface area contributed by atoms with Gasteiger partial charge in [-0.3, -0.25) is 0 Å². The fraction of sp³-hybridized carbons (Fsp3) is 0.556.